The fourth-order valence-electron chi connectivity index (χ4n) is 2.63. The van der Waals surface area contributed by atoms with Gasteiger partial charge in [-0.2, -0.15) is 0 Å². The number of aryl methyl sites for hydroxylation is 1. The summed E-state index contributed by atoms with van der Waals surface area (Å²) in [4.78, 5) is 23.2. The number of carbonyl (C=O) groups is 1. The van der Waals surface area contributed by atoms with Crippen LogP contribution >= 0.6 is 23.1 Å². The minimum Gasteiger partial charge on any atom is -0.486 e. The molecule has 1 aromatic carbocycles. The molecule has 0 saturated heterocycles. The number of ether oxygens (including phenoxy) is 2. The van der Waals surface area contributed by atoms with E-state index in [4.69, 9.17) is 9.47 Å². The molecule has 3 heterocycles. The third-order valence-electron chi connectivity index (χ3n) is 3.86. The first-order valence-corrected chi connectivity index (χ1v) is 10.1. The van der Waals surface area contributed by atoms with E-state index < -0.39 is 0 Å². The number of benzene rings is 1. The third kappa shape index (κ3) is 3.61. The third-order valence-corrected chi connectivity index (χ3v) is 6.05. The standard InChI is InChI=1S/C18H17N3O3S2/c1-2-12-8-13-17(19-10-20-18(13)26-12)25-9-16(22)21-11-3-4-14-15(7-11)24-6-5-23-14/h3-4,7-8,10H,2,5-6,9H2,1H3,(H,21,22). The molecule has 0 saturated carbocycles. The zero-order chi connectivity index (χ0) is 17.9. The van der Waals surface area contributed by atoms with Crippen molar-refractivity contribution in [3.8, 4) is 11.5 Å². The molecule has 2 aromatic heterocycles. The number of fused-ring (bicyclic) bond motifs is 2. The van der Waals surface area contributed by atoms with E-state index in [0.717, 1.165) is 21.7 Å². The monoisotopic (exact) mass is 387 g/mol. The highest BCUT2D eigenvalue weighted by atomic mass is 32.2. The second-order valence-electron chi connectivity index (χ2n) is 5.66. The number of carbonyl (C=O) groups excluding carboxylic acids is 1. The largest absolute Gasteiger partial charge is 0.486 e. The molecule has 1 amide bonds. The molecule has 0 unspecified atom stereocenters. The van der Waals surface area contributed by atoms with E-state index in [-0.39, 0.29) is 11.7 Å². The van der Waals surface area contributed by atoms with Crippen LogP contribution in [0.2, 0.25) is 0 Å². The van der Waals surface area contributed by atoms with Gasteiger partial charge in [0.15, 0.2) is 11.5 Å². The maximum absolute atomic E-state index is 12.3. The summed E-state index contributed by atoms with van der Waals surface area (Å²) in [5, 5.41) is 4.75. The highest BCUT2D eigenvalue weighted by Crippen LogP contribution is 2.33. The first kappa shape index (κ1) is 17.1. The molecule has 26 heavy (non-hydrogen) atoms. The lowest BCUT2D eigenvalue weighted by atomic mass is 10.2. The van der Waals surface area contributed by atoms with E-state index in [1.165, 1.54) is 16.6 Å². The quantitative estimate of drug-likeness (QED) is 0.531. The lowest BCUT2D eigenvalue weighted by Gasteiger charge is -2.19. The maximum Gasteiger partial charge on any atom is 0.234 e. The predicted molar refractivity (Wildman–Crippen MR) is 104 cm³/mol. The molecule has 1 N–H and O–H groups in total. The first-order chi connectivity index (χ1) is 12.7. The second-order valence-corrected chi connectivity index (χ2v) is 7.74. The van der Waals surface area contributed by atoms with Gasteiger partial charge in [0.2, 0.25) is 5.91 Å². The fraction of sp³-hybridized carbons (Fsp3) is 0.278. The minimum absolute atomic E-state index is 0.0932. The molecule has 3 aromatic rings. The maximum atomic E-state index is 12.3. The van der Waals surface area contributed by atoms with Crippen LogP contribution in [-0.4, -0.2) is 34.8 Å². The number of nitrogens with zero attached hydrogens (tertiary/aromatic N) is 2. The summed E-state index contributed by atoms with van der Waals surface area (Å²) in [6.07, 6.45) is 2.52. The predicted octanol–water partition coefficient (Wildman–Crippen LogP) is 3.76. The Bertz CT molecular complexity index is 958. The summed E-state index contributed by atoms with van der Waals surface area (Å²) < 4.78 is 11.0. The van der Waals surface area contributed by atoms with Crippen molar-refractivity contribution in [3.63, 3.8) is 0 Å². The average Bonchev–Trinajstić information content (AvgIpc) is 3.10. The molecular formula is C18H17N3O3S2. The highest BCUT2D eigenvalue weighted by molar-refractivity contribution is 8.00. The molecule has 0 atom stereocenters. The first-order valence-electron chi connectivity index (χ1n) is 8.28. The molecule has 4 rings (SSSR count). The number of rotatable bonds is 5. The minimum atomic E-state index is -0.0932. The van der Waals surface area contributed by atoms with Crippen molar-refractivity contribution in [1.29, 1.82) is 0 Å². The zero-order valence-corrected chi connectivity index (χ0v) is 15.8. The number of aromatic nitrogens is 2. The van der Waals surface area contributed by atoms with E-state index in [0.29, 0.717) is 30.4 Å². The Balaban J connectivity index is 1.42. The number of amides is 1. The number of thioether (sulfide) groups is 1. The summed E-state index contributed by atoms with van der Waals surface area (Å²) in [6, 6.07) is 7.52. The van der Waals surface area contributed by atoms with Crippen molar-refractivity contribution in [1.82, 2.24) is 9.97 Å². The van der Waals surface area contributed by atoms with Crippen molar-refractivity contribution >= 4 is 44.9 Å². The molecule has 134 valence electrons. The fourth-order valence-corrected chi connectivity index (χ4v) is 4.40. The Labute approximate surface area is 158 Å². The van der Waals surface area contributed by atoms with Crippen LogP contribution in [0.4, 0.5) is 5.69 Å². The number of thiophene rings is 1. The van der Waals surface area contributed by atoms with Gasteiger partial charge in [0.1, 0.15) is 29.4 Å². The van der Waals surface area contributed by atoms with Gasteiger partial charge in [-0.1, -0.05) is 18.7 Å². The average molecular weight is 387 g/mol. The van der Waals surface area contributed by atoms with E-state index in [1.54, 1.807) is 23.7 Å². The molecule has 1 aliphatic heterocycles. The topological polar surface area (TPSA) is 73.3 Å². The summed E-state index contributed by atoms with van der Waals surface area (Å²) in [5.41, 5.74) is 0.691. The summed E-state index contributed by atoms with van der Waals surface area (Å²) in [5.74, 6) is 1.54. The molecule has 0 aliphatic carbocycles. The lowest BCUT2D eigenvalue weighted by molar-refractivity contribution is -0.113. The van der Waals surface area contributed by atoms with Crippen LogP contribution in [-0.2, 0) is 11.2 Å². The Hall–Kier alpha value is -2.32. The number of hydrogen-bond donors (Lipinski definition) is 1. The van der Waals surface area contributed by atoms with Crippen LogP contribution in [0.5, 0.6) is 11.5 Å². The Kier molecular flexibility index (Phi) is 4.94. The van der Waals surface area contributed by atoms with Crippen molar-refractivity contribution in [3.05, 3.63) is 35.5 Å². The highest BCUT2D eigenvalue weighted by Gasteiger charge is 2.14. The Morgan fingerprint density at radius 1 is 1.23 bits per heavy atom. The normalized spacial score (nSPS) is 13.0. The molecule has 0 bridgehead atoms. The van der Waals surface area contributed by atoms with Gasteiger partial charge in [-0.15, -0.1) is 11.3 Å². The SMILES string of the molecule is CCc1cc2c(SCC(=O)Nc3ccc4c(c3)OCCO4)ncnc2s1. The number of nitrogens with one attached hydrogen (secondary N) is 1. The van der Waals surface area contributed by atoms with Crippen LogP contribution in [0.1, 0.15) is 11.8 Å². The number of anilines is 1. The van der Waals surface area contributed by atoms with Gasteiger partial charge in [0.05, 0.1) is 5.75 Å². The molecule has 1 aliphatic rings. The van der Waals surface area contributed by atoms with Gasteiger partial charge in [-0.3, -0.25) is 4.79 Å². The summed E-state index contributed by atoms with van der Waals surface area (Å²) >= 11 is 3.09. The molecular weight excluding hydrogens is 370 g/mol. The van der Waals surface area contributed by atoms with Crippen LogP contribution < -0.4 is 14.8 Å². The van der Waals surface area contributed by atoms with Crippen LogP contribution in [0.3, 0.4) is 0 Å². The Morgan fingerprint density at radius 2 is 2.08 bits per heavy atom. The summed E-state index contributed by atoms with van der Waals surface area (Å²) in [6.45, 7) is 3.18. The molecule has 8 heteroatoms. The van der Waals surface area contributed by atoms with E-state index in [1.807, 2.05) is 12.1 Å². The smallest absolute Gasteiger partial charge is 0.234 e. The zero-order valence-electron chi connectivity index (χ0n) is 14.2. The second kappa shape index (κ2) is 7.51. The van der Waals surface area contributed by atoms with Gasteiger partial charge in [-0.05, 0) is 24.6 Å². The lowest BCUT2D eigenvalue weighted by Crippen LogP contribution is -2.17. The van der Waals surface area contributed by atoms with E-state index in [2.05, 4.69) is 28.3 Å². The summed E-state index contributed by atoms with van der Waals surface area (Å²) in [7, 11) is 0. The van der Waals surface area contributed by atoms with Crippen LogP contribution in [0.15, 0.2) is 35.6 Å². The van der Waals surface area contributed by atoms with Gasteiger partial charge < -0.3 is 14.8 Å². The van der Waals surface area contributed by atoms with Crippen molar-refractivity contribution < 1.29 is 14.3 Å². The molecule has 0 spiro atoms. The van der Waals surface area contributed by atoms with Gasteiger partial charge >= 0.3 is 0 Å². The molecule has 0 fully saturated rings. The van der Waals surface area contributed by atoms with Crippen LogP contribution in [0.25, 0.3) is 10.2 Å². The molecule has 0 radical (unpaired) electrons. The number of hydrogen-bond acceptors (Lipinski definition) is 7. The van der Waals surface area contributed by atoms with Gasteiger partial charge in [-0.25, -0.2) is 9.97 Å². The van der Waals surface area contributed by atoms with Crippen molar-refractivity contribution in [2.75, 3.05) is 24.3 Å². The van der Waals surface area contributed by atoms with E-state index in [9.17, 15) is 4.79 Å². The Morgan fingerprint density at radius 3 is 2.92 bits per heavy atom. The van der Waals surface area contributed by atoms with Crippen molar-refractivity contribution in [2.24, 2.45) is 0 Å². The van der Waals surface area contributed by atoms with E-state index >= 15 is 0 Å². The van der Waals surface area contributed by atoms with Gasteiger partial charge in [0, 0.05) is 22.0 Å². The van der Waals surface area contributed by atoms with Crippen molar-refractivity contribution in [2.45, 2.75) is 18.4 Å². The van der Waals surface area contributed by atoms with Crippen LogP contribution in [0, 0.1) is 0 Å². The van der Waals surface area contributed by atoms with Gasteiger partial charge in [0.25, 0.3) is 0 Å². The molecule has 6 nitrogen and oxygen atoms in total.